The molecule has 0 aliphatic rings. The molecule has 0 saturated carbocycles. The minimum absolute atomic E-state index is 0.675. The third-order valence-electron chi connectivity index (χ3n) is 3.83. The largest absolute Gasteiger partial charge is 0.497 e. The summed E-state index contributed by atoms with van der Waals surface area (Å²) in [5.74, 6) is 0.870. The monoisotopic (exact) mass is 330 g/mol. The van der Waals surface area contributed by atoms with E-state index in [9.17, 15) is 0 Å². The highest BCUT2D eigenvalue weighted by Gasteiger charge is 2.07. The van der Waals surface area contributed by atoms with E-state index >= 15 is 0 Å². The number of rotatable bonds is 6. The van der Waals surface area contributed by atoms with Crippen molar-refractivity contribution in [3.8, 4) is 5.75 Å². The lowest BCUT2D eigenvalue weighted by Crippen LogP contribution is -2.14. The van der Waals surface area contributed by atoms with Gasteiger partial charge in [-0.25, -0.2) is 4.99 Å². The molecule has 0 amide bonds. The Morgan fingerprint density at radius 1 is 1.26 bits per heavy atom. The van der Waals surface area contributed by atoms with Crippen LogP contribution in [-0.2, 0) is 6.42 Å². The van der Waals surface area contributed by atoms with E-state index in [0.717, 1.165) is 24.4 Å². The average molecular weight is 331 g/mol. The van der Waals surface area contributed by atoms with Gasteiger partial charge < -0.3 is 9.64 Å². The second-order valence-electron chi connectivity index (χ2n) is 5.58. The molecule has 0 N–H and O–H groups in total. The molecule has 0 aliphatic carbocycles. The first kappa shape index (κ1) is 17.4. The molecular weight excluding hydrogens is 308 g/mol. The number of aliphatic imine (C=N–C) groups is 1. The van der Waals surface area contributed by atoms with Gasteiger partial charge in [-0.2, -0.15) is 0 Å². The SMILES string of the molecule is CCN(C)/C=N\c1cc(C)c(Cc2cccc(OC)c2)cc1Cl. The van der Waals surface area contributed by atoms with Gasteiger partial charge in [-0.1, -0.05) is 23.7 Å². The smallest absolute Gasteiger partial charge is 0.119 e. The van der Waals surface area contributed by atoms with E-state index in [4.69, 9.17) is 16.3 Å². The molecule has 0 atom stereocenters. The summed E-state index contributed by atoms with van der Waals surface area (Å²) >= 11 is 6.40. The van der Waals surface area contributed by atoms with Crippen LogP contribution in [0.5, 0.6) is 5.75 Å². The normalized spacial score (nSPS) is 11.0. The van der Waals surface area contributed by atoms with E-state index in [1.165, 1.54) is 16.7 Å². The highest BCUT2D eigenvalue weighted by molar-refractivity contribution is 6.33. The van der Waals surface area contributed by atoms with Crippen LogP contribution in [0.1, 0.15) is 23.6 Å². The second kappa shape index (κ2) is 8.02. The Hall–Kier alpha value is -2.00. The standard InChI is InChI=1S/C19H23ClN2O/c1-5-22(3)13-21-19-9-14(2)16(12-18(19)20)10-15-7-6-8-17(11-15)23-4/h6-9,11-13H,5,10H2,1-4H3/b21-13-. The fourth-order valence-electron chi connectivity index (χ4n) is 2.24. The maximum absolute atomic E-state index is 6.40. The third kappa shape index (κ3) is 4.73. The summed E-state index contributed by atoms with van der Waals surface area (Å²) in [6.45, 7) is 5.08. The Balaban J connectivity index is 2.24. The van der Waals surface area contributed by atoms with Gasteiger partial charge in [0.05, 0.1) is 24.2 Å². The van der Waals surface area contributed by atoms with Crippen LogP contribution < -0.4 is 4.74 Å². The van der Waals surface area contributed by atoms with Gasteiger partial charge in [-0.05, 0) is 61.2 Å². The summed E-state index contributed by atoms with van der Waals surface area (Å²) in [4.78, 5) is 6.47. The Labute approximate surface area is 143 Å². The highest BCUT2D eigenvalue weighted by atomic mass is 35.5. The fourth-order valence-corrected chi connectivity index (χ4v) is 2.48. The number of aryl methyl sites for hydroxylation is 1. The zero-order valence-corrected chi connectivity index (χ0v) is 14.9. The van der Waals surface area contributed by atoms with Crippen molar-refractivity contribution < 1.29 is 4.74 Å². The van der Waals surface area contributed by atoms with E-state index in [1.807, 2.05) is 42.6 Å². The van der Waals surface area contributed by atoms with Crippen LogP contribution in [0.2, 0.25) is 5.02 Å². The number of hydrogen-bond acceptors (Lipinski definition) is 2. The van der Waals surface area contributed by atoms with Crippen molar-refractivity contribution in [3.63, 3.8) is 0 Å². The van der Waals surface area contributed by atoms with Crippen molar-refractivity contribution >= 4 is 23.6 Å². The fraction of sp³-hybridized carbons (Fsp3) is 0.316. The Morgan fingerprint density at radius 3 is 2.74 bits per heavy atom. The lowest BCUT2D eigenvalue weighted by Gasteiger charge is -2.11. The molecule has 2 aromatic rings. The van der Waals surface area contributed by atoms with Crippen molar-refractivity contribution in [2.45, 2.75) is 20.3 Å². The molecular formula is C19H23ClN2O. The third-order valence-corrected chi connectivity index (χ3v) is 4.13. The number of methoxy groups -OCH3 is 1. The second-order valence-corrected chi connectivity index (χ2v) is 5.98. The Bertz CT molecular complexity index is 698. The quantitative estimate of drug-likeness (QED) is 0.558. The Kier molecular flexibility index (Phi) is 6.05. The predicted molar refractivity (Wildman–Crippen MR) is 98.4 cm³/mol. The maximum atomic E-state index is 6.40. The summed E-state index contributed by atoms with van der Waals surface area (Å²) in [7, 11) is 3.67. The van der Waals surface area contributed by atoms with Gasteiger partial charge in [0, 0.05) is 13.6 Å². The van der Waals surface area contributed by atoms with Crippen LogP contribution >= 0.6 is 11.6 Å². The van der Waals surface area contributed by atoms with Gasteiger partial charge in [0.15, 0.2) is 0 Å². The molecule has 0 unspecified atom stereocenters. The molecule has 0 saturated heterocycles. The molecule has 4 heteroatoms. The number of halogens is 1. The molecule has 0 heterocycles. The summed E-state index contributed by atoms with van der Waals surface area (Å²) < 4.78 is 5.28. The van der Waals surface area contributed by atoms with Crippen molar-refractivity contribution in [2.75, 3.05) is 20.7 Å². The van der Waals surface area contributed by atoms with Crippen molar-refractivity contribution in [3.05, 3.63) is 58.1 Å². The number of nitrogens with zero attached hydrogens (tertiary/aromatic N) is 2. The Morgan fingerprint density at radius 2 is 2.04 bits per heavy atom. The number of ether oxygens (including phenoxy) is 1. The van der Waals surface area contributed by atoms with Crippen molar-refractivity contribution in [1.82, 2.24) is 4.90 Å². The van der Waals surface area contributed by atoms with Crippen molar-refractivity contribution in [1.29, 1.82) is 0 Å². The molecule has 2 rings (SSSR count). The summed E-state index contributed by atoms with van der Waals surface area (Å²) in [5, 5.41) is 0.675. The molecule has 0 aromatic heterocycles. The van der Waals surface area contributed by atoms with Crippen LogP contribution in [0.3, 0.4) is 0 Å². The van der Waals surface area contributed by atoms with Crippen molar-refractivity contribution in [2.24, 2.45) is 4.99 Å². The zero-order valence-electron chi connectivity index (χ0n) is 14.1. The van der Waals surface area contributed by atoms with Crippen LogP contribution in [0.4, 0.5) is 5.69 Å². The van der Waals surface area contributed by atoms with E-state index in [1.54, 1.807) is 7.11 Å². The topological polar surface area (TPSA) is 24.8 Å². The molecule has 2 aromatic carbocycles. The minimum Gasteiger partial charge on any atom is -0.497 e. The average Bonchev–Trinajstić information content (AvgIpc) is 2.56. The summed E-state index contributed by atoms with van der Waals surface area (Å²) in [6.07, 6.45) is 2.63. The first-order chi connectivity index (χ1) is 11.0. The zero-order chi connectivity index (χ0) is 16.8. The molecule has 23 heavy (non-hydrogen) atoms. The first-order valence-corrected chi connectivity index (χ1v) is 8.07. The number of benzene rings is 2. The number of hydrogen-bond donors (Lipinski definition) is 0. The molecule has 0 spiro atoms. The predicted octanol–water partition coefficient (Wildman–Crippen LogP) is 4.86. The van der Waals surface area contributed by atoms with Gasteiger partial charge in [0.2, 0.25) is 0 Å². The molecule has 0 bridgehead atoms. The van der Waals surface area contributed by atoms with Gasteiger partial charge in [-0.3, -0.25) is 0 Å². The summed E-state index contributed by atoms with van der Waals surface area (Å²) in [5.41, 5.74) is 4.39. The van der Waals surface area contributed by atoms with Gasteiger partial charge in [0.25, 0.3) is 0 Å². The van der Waals surface area contributed by atoms with Crippen LogP contribution in [0.15, 0.2) is 41.4 Å². The van der Waals surface area contributed by atoms with E-state index < -0.39 is 0 Å². The molecule has 122 valence electrons. The van der Waals surface area contributed by atoms with E-state index in [2.05, 4.69) is 31.0 Å². The van der Waals surface area contributed by atoms with E-state index in [0.29, 0.717) is 5.02 Å². The minimum atomic E-state index is 0.675. The maximum Gasteiger partial charge on any atom is 0.119 e. The van der Waals surface area contributed by atoms with Crippen LogP contribution in [0.25, 0.3) is 0 Å². The first-order valence-electron chi connectivity index (χ1n) is 7.70. The van der Waals surface area contributed by atoms with Crippen LogP contribution in [0, 0.1) is 6.92 Å². The summed E-state index contributed by atoms with van der Waals surface area (Å²) in [6, 6.07) is 12.1. The molecule has 0 fully saturated rings. The van der Waals surface area contributed by atoms with Gasteiger partial charge >= 0.3 is 0 Å². The van der Waals surface area contributed by atoms with Crippen LogP contribution in [-0.4, -0.2) is 31.9 Å². The molecule has 0 radical (unpaired) electrons. The van der Waals surface area contributed by atoms with Gasteiger partial charge in [-0.15, -0.1) is 0 Å². The molecule has 0 aliphatic heterocycles. The van der Waals surface area contributed by atoms with E-state index in [-0.39, 0.29) is 0 Å². The van der Waals surface area contributed by atoms with Gasteiger partial charge in [0.1, 0.15) is 5.75 Å². The molecule has 3 nitrogen and oxygen atoms in total. The lowest BCUT2D eigenvalue weighted by molar-refractivity contribution is 0.414. The lowest BCUT2D eigenvalue weighted by atomic mass is 10.00. The highest BCUT2D eigenvalue weighted by Crippen LogP contribution is 2.30.